The SMILES string of the molecule is CC(C)N1CC[C@H](C(F)(F)F)C[C@@H]1c1ccn[nH]1. The van der Waals surface area contributed by atoms with Crippen LogP contribution in [-0.4, -0.2) is 33.9 Å². The molecule has 0 aliphatic carbocycles. The molecule has 2 heterocycles. The third kappa shape index (κ3) is 2.68. The van der Waals surface area contributed by atoms with Gasteiger partial charge in [0.15, 0.2) is 0 Å². The maximum Gasteiger partial charge on any atom is 0.391 e. The predicted octanol–water partition coefficient (Wildman–Crippen LogP) is 3.13. The molecule has 0 unspecified atom stereocenters. The molecule has 0 bridgehead atoms. The number of alkyl halides is 3. The molecule has 1 aromatic rings. The van der Waals surface area contributed by atoms with Crippen LogP contribution in [-0.2, 0) is 0 Å². The number of hydrogen-bond acceptors (Lipinski definition) is 2. The zero-order valence-electron chi connectivity index (χ0n) is 10.5. The summed E-state index contributed by atoms with van der Waals surface area (Å²) >= 11 is 0. The summed E-state index contributed by atoms with van der Waals surface area (Å²) in [7, 11) is 0. The third-order valence-electron chi connectivity index (χ3n) is 3.65. The van der Waals surface area contributed by atoms with Gasteiger partial charge >= 0.3 is 6.18 Å². The standard InChI is InChI=1S/C12H18F3N3/c1-8(2)18-6-4-9(12(13,14)15)7-11(18)10-3-5-16-17-10/h3,5,8-9,11H,4,6-7H2,1-2H3,(H,16,17)/t9-,11+/m0/s1. The number of rotatable bonds is 2. The van der Waals surface area contributed by atoms with Crippen LogP contribution in [0.25, 0.3) is 0 Å². The van der Waals surface area contributed by atoms with E-state index in [1.165, 1.54) is 0 Å². The number of aromatic nitrogens is 2. The Kier molecular flexibility index (Phi) is 3.66. The molecule has 3 nitrogen and oxygen atoms in total. The van der Waals surface area contributed by atoms with E-state index in [1.54, 1.807) is 12.3 Å². The first-order valence-electron chi connectivity index (χ1n) is 6.21. The molecule has 0 radical (unpaired) electrons. The fraction of sp³-hybridized carbons (Fsp3) is 0.750. The lowest BCUT2D eigenvalue weighted by Crippen LogP contribution is -2.44. The molecule has 1 aliphatic heterocycles. The van der Waals surface area contributed by atoms with Crippen LogP contribution in [0, 0.1) is 5.92 Å². The fourth-order valence-corrected chi connectivity index (χ4v) is 2.66. The largest absolute Gasteiger partial charge is 0.391 e. The molecule has 0 aromatic carbocycles. The van der Waals surface area contributed by atoms with Gasteiger partial charge in [0.25, 0.3) is 0 Å². The average molecular weight is 261 g/mol. The Morgan fingerprint density at radius 3 is 2.67 bits per heavy atom. The highest BCUT2D eigenvalue weighted by molar-refractivity contribution is 5.07. The molecule has 0 amide bonds. The second kappa shape index (κ2) is 4.91. The lowest BCUT2D eigenvalue weighted by Gasteiger charge is -2.41. The van der Waals surface area contributed by atoms with Gasteiger partial charge in [0.05, 0.1) is 17.7 Å². The van der Waals surface area contributed by atoms with Crippen molar-refractivity contribution in [3.8, 4) is 0 Å². The first-order chi connectivity index (χ1) is 8.39. The number of nitrogens with one attached hydrogen (secondary N) is 1. The van der Waals surface area contributed by atoms with E-state index in [1.807, 2.05) is 13.8 Å². The number of nitrogens with zero attached hydrogens (tertiary/aromatic N) is 2. The summed E-state index contributed by atoms with van der Waals surface area (Å²) in [6, 6.07) is 1.78. The monoisotopic (exact) mass is 261 g/mol. The molecule has 0 spiro atoms. The zero-order valence-corrected chi connectivity index (χ0v) is 10.5. The molecule has 18 heavy (non-hydrogen) atoms. The number of piperidine rings is 1. The van der Waals surface area contributed by atoms with Crippen molar-refractivity contribution in [2.75, 3.05) is 6.54 Å². The summed E-state index contributed by atoms with van der Waals surface area (Å²) in [6.07, 6.45) is -2.21. The van der Waals surface area contributed by atoms with Crippen LogP contribution in [0.2, 0.25) is 0 Å². The molecule has 1 fully saturated rings. The quantitative estimate of drug-likeness (QED) is 0.887. The van der Waals surface area contributed by atoms with E-state index in [4.69, 9.17) is 0 Å². The number of hydrogen-bond donors (Lipinski definition) is 1. The lowest BCUT2D eigenvalue weighted by molar-refractivity contribution is -0.191. The molecule has 6 heteroatoms. The molecule has 1 saturated heterocycles. The van der Waals surface area contributed by atoms with Crippen LogP contribution in [0.4, 0.5) is 13.2 Å². The average Bonchev–Trinajstić information content (AvgIpc) is 2.80. The number of halogens is 3. The van der Waals surface area contributed by atoms with E-state index in [0.717, 1.165) is 5.69 Å². The molecule has 1 N–H and O–H groups in total. The third-order valence-corrected chi connectivity index (χ3v) is 3.65. The minimum Gasteiger partial charge on any atom is -0.292 e. The van der Waals surface area contributed by atoms with E-state index < -0.39 is 12.1 Å². The molecule has 102 valence electrons. The van der Waals surface area contributed by atoms with Gasteiger partial charge in [0.2, 0.25) is 0 Å². The van der Waals surface area contributed by atoms with E-state index in [2.05, 4.69) is 15.1 Å². The van der Waals surface area contributed by atoms with Crippen molar-refractivity contribution in [2.24, 2.45) is 5.92 Å². The smallest absolute Gasteiger partial charge is 0.292 e. The highest BCUT2D eigenvalue weighted by Crippen LogP contribution is 2.42. The Hall–Kier alpha value is -1.04. The zero-order chi connectivity index (χ0) is 13.3. The molecule has 2 rings (SSSR count). The Morgan fingerprint density at radius 1 is 1.44 bits per heavy atom. The number of H-pyrrole nitrogens is 1. The van der Waals surface area contributed by atoms with E-state index in [0.29, 0.717) is 6.54 Å². The van der Waals surface area contributed by atoms with Gasteiger partial charge in [-0.15, -0.1) is 0 Å². The fourth-order valence-electron chi connectivity index (χ4n) is 2.66. The Labute approximate surface area is 104 Å². The van der Waals surface area contributed by atoms with E-state index >= 15 is 0 Å². The Balaban J connectivity index is 2.19. The molecular weight excluding hydrogens is 243 g/mol. The Morgan fingerprint density at radius 2 is 2.17 bits per heavy atom. The first kappa shape index (κ1) is 13.4. The van der Waals surface area contributed by atoms with Crippen LogP contribution in [0.1, 0.15) is 38.4 Å². The van der Waals surface area contributed by atoms with Crippen LogP contribution < -0.4 is 0 Å². The summed E-state index contributed by atoms with van der Waals surface area (Å²) in [5.41, 5.74) is 0.776. The second-order valence-electron chi connectivity index (χ2n) is 5.12. The van der Waals surface area contributed by atoms with Crippen LogP contribution >= 0.6 is 0 Å². The van der Waals surface area contributed by atoms with Crippen LogP contribution in [0.5, 0.6) is 0 Å². The van der Waals surface area contributed by atoms with Gasteiger partial charge in [0, 0.05) is 12.2 Å². The molecular formula is C12H18F3N3. The van der Waals surface area contributed by atoms with Crippen molar-refractivity contribution < 1.29 is 13.2 Å². The number of aromatic amines is 1. The topological polar surface area (TPSA) is 31.9 Å². The van der Waals surface area contributed by atoms with Gasteiger partial charge < -0.3 is 0 Å². The minimum atomic E-state index is -4.10. The second-order valence-corrected chi connectivity index (χ2v) is 5.12. The van der Waals surface area contributed by atoms with Gasteiger partial charge in [-0.1, -0.05) is 0 Å². The predicted molar refractivity (Wildman–Crippen MR) is 61.9 cm³/mol. The maximum atomic E-state index is 12.8. The summed E-state index contributed by atoms with van der Waals surface area (Å²) < 4.78 is 38.5. The summed E-state index contributed by atoms with van der Waals surface area (Å²) in [5.74, 6) is -1.21. The van der Waals surface area contributed by atoms with Crippen molar-refractivity contribution in [2.45, 2.75) is 44.9 Å². The molecule has 1 aromatic heterocycles. The highest BCUT2D eigenvalue weighted by Gasteiger charge is 2.45. The van der Waals surface area contributed by atoms with Crippen molar-refractivity contribution in [3.63, 3.8) is 0 Å². The first-order valence-corrected chi connectivity index (χ1v) is 6.21. The van der Waals surface area contributed by atoms with Crippen molar-refractivity contribution >= 4 is 0 Å². The highest BCUT2D eigenvalue weighted by atomic mass is 19.4. The van der Waals surface area contributed by atoms with Crippen molar-refractivity contribution in [3.05, 3.63) is 18.0 Å². The van der Waals surface area contributed by atoms with Crippen LogP contribution in [0.15, 0.2) is 12.3 Å². The molecule has 1 aliphatic rings. The summed E-state index contributed by atoms with van der Waals surface area (Å²) in [4.78, 5) is 2.11. The van der Waals surface area contributed by atoms with Gasteiger partial charge in [0.1, 0.15) is 0 Å². The van der Waals surface area contributed by atoms with E-state index in [-0.39, 0.29) is 24.9 Å². The maximum absolute atomic E-state index is 12.8. The van der Waals surface area contributed by atoms with Crippen molar-refractivity contribution in [1.29, 1.82) is 0 Å². The van der Waals surface area contributed by atoms with E-state index in [9.17, 15) is 13.2 Å². The van der Waals surface area contributed by atoms with Gasteiger partial charge in [-0.05, 0) is 39.3 Å². The molecule has 2 atom stereocenters. The van der Waals surface area contributed by atoms with Crippen LogP contribution in [0.3, 0.4) is 0 Å². The Bertz CT molecular complexity index is 372. The summed E-state index contributed by atoms with van der Waals surface area (Å²) in [5, 5.41) is 6.65. The normalized spacial score (nSPS) is 26.8. The number of likely N-dealkylation sites (tertiary alicyclic amines) is 1. The van der Waals surface area contributed by atoms with Gasteiger partial charge in [-0.3, -0.25) is 10.00 Å². The minimum absolute atomic E-state index is 0.115. The van der Waals surface area contributed by atoms with Gasteiger partial charge in [-0.2, -0.15) is 18.3 Å². The molecule has 0 saturated carbocycles. The lowest BCUT2D eigenvalue weighted by atomic mass is 9.88. The summed E-state index contributed by atoms with van der Waals surface area (Å²) in [6.45, 7) is 4.50. The van der Waals surface area contributed by atoms with Gasteiger partial charge in [-0.25, -0.2) is 0 Å². The van der Waals surface area contributed by atoms with Crippen molar-refractivity contribution in [1.82, 2.24) is 15.1 Å².